The van der Waals surface area contributed by atoms with Crippen LogP contribution in [0.2, 0.25) is 0 Å². The molecule has 0 spiro atoms. The van der Waals surface area contributed by atoms with E-state index in [1.165, 1.54) is 0 Å². The standard InChI is InChI=1S/C32H52O10/c1-16(2)22-13-12-21(11)14-23(22)40-32(20(9)10)41-27-26(39-30(35)19(7)8)25(38-29(34)18(5)6)24(37-31(27)42-32)15-36-28(33)17(3)4/h17-27,31H,1,12-15H2,2-11H3/t21-,22+,23-,24-,25-,26+,27-,31-,32?/m1/s1. The van der Waals surface area contributed by atoms with Crippen LogP contribution in [0.5, 0.6) is 0 Å². The number of rotatable bonds is 11. The topological polar surface area (TPSA) is 116 Å². The van der Waals surface area contributed by atoms with Gasteiger partial charge in [-0.15, -0.1) is 0 Å². The van der Waals surface area contributed by atoms with Gasteiger partial charge in [0.15, 0.2) is 24.6 Å². The van der Waals surface area contributed by atoms with E-state index in [-0.39, 0.29) is 30.5 Å². The van der Waals surface area contributed by atoms with Crippen molar-refractivity contribution in [3.05, 3.63) is 12.2 Å². The third-order valence-corrected chi connectivity index (χ3v) is 8.19. The van der Waals surface area contributed by atoms with Gasteiger partial charge < -0.3 is 28.4 Å². The minimum atomic E-state index is -1.52. The van der Waals surface area contributed by atoms with Crippen LogP contribution in [0.3, 0.4) is 0 Å². The van der Waals surface area contributed by atoms with Crippen LogP contribution in [-0.2, 0) is 47.5 Å². The number of fused-ring (bicyclic) bond motifs is 1. The zero-order valence-corrected chi connectivity index (χ0v) is 27.0. The maximum absolute atomic E-state index is 13.0. The van der Waals surface area contributed by atoms with Gasteiger partial charge in [0.1, 0.15) is 12.7 Å². The average molecular weight is 597 g/mol. The van der Waals surface area contributed by atoms with Crippen molar-refractivity contribution in [2.75, 3.05) is 6.61 Å². The summed E-state index contributed by atoms with van der Waals surface area (Å²) in [5.74, 6) is -3.98. The number of esters is 3. The van der Waals surface area contributed by atoms with Crippen LogP contribution >= 0.6 is 0 Å². The molecule has 2 aliphatic heterocycles. The van der Waals surface area contributed by atoms with Crippen LogP contribution in [-0.4, -0.2) is 67.3 Å². The molecule has 3 rings (SSSR count). The zero-order chi connectivity index (χ0) is 31.5. The van der Waals surface area contributed by atoms with Crippen LogP contribution in [0, 0.1) is 35.5 Å². The van der Waals surface area contributed by atoms with Crippen molar-refractivity contribution in [3.63, 3.8) is 0 Å². The Morgan fingerprint density at radius 2 is 1.43 bits per heavy atom. The molecule has 240 valence electrons. The lowest BCUT2D eigenvalue weighted by Gasteiger charge is -2.42. The first-order chi connectivity index (χ1) is 19.6. The van der Waals surface area contributed by atoms with E-state index < -0.39 is 66.4 Å². The normalized spacial score (nSPS) is 34.9. The molecule has 0 aromatic rings. The van der Waals surface area contributed by atoms with E-state index in [9.17, 15) is 14.4 Å². The first-order valence-electron chi connectivity index (χ1n) is 15.5. The fourth-order valence-corrected chi connectivity index (χ4v) is 5.46. The summed E-state index contributed by atoms with van der Waals surface area (Å²) in [6, 6.07) is 0. The highest BCUT2D eigenvalue weighted by molar-refractivity contribution is 5.73. The van der Waals surface area contributed by atoms with Crippen LogP contribution < -0.4 is 0 Å². The molecule has 42 heavy (non-hydrogen) atoms. The van der Waals surface area contributed by atoms with Gasteiger partial charge in [0.2, 0.25) is 0 Å². The SMILES string of the molecule is C=C(C)[C@@H]1CC[C@@H](C)C[C@H]1OC1(C(C)C)O[C@H]2O[C@H](COC(=O)C(C)C)[C@@H](OC(=O)C(C)C)[C@H](OC(=O)C(C)C)[C@H]2O1. The maximum atomic E-state index is 13.0. The number of hydrogen-bond donors (Lipinski definition) is 0. The van der Waals surface area contributed by atoms with E-state index in [0.29, 0.717) is 5.92 Å². The summed E-state index contributed by atoms with van der Waals surface area (Å²) in [5, 5.41) is 0. The van der Waals surface area contributed by atoms with E-state index in [1.807, 2.05) is 20.8 Å². The Morgan fingerprint density at radius 1 is 0.857 bits per heavy atom. The third-order valence-electron chi connectivity index (χ3n) is 8.19. The summed E-state index contributed by atoms with van der Waals surface area (Å²) >= 11 is 0. The third kappa shape index (κ3) is 7.92. The second-order valence-corrected chi connectivity index (χ2v) is 13.4. The summed E-state index contributed by atoms with van der Waals surface area (Å²) in [6.07, 6.45) is -2.58. The van der Waals surface area contributed by atoms with Gasteiger partial charge in [0.05, 0.1) is 23.9 Å². The minimum Gasteiger partial charge on any atom is -0.463 e. The lowest BCUT2D eigenvalue weighted by molar-refractivity contribution is -0.394. The molecule has 2 heterocycles. The Hall–Kier alpha value is -2.01. The Bertz CT molecular complexity index is 974. The Labute approximate surface area is 251 Å². The quantitative estimate of drug-likeness (QED) is 0.180. The second-order valence-electron chi connectivity index (χ2n) is 13.4. The average Bonchev–Trinajstić information content (AvgIpc) is 3.27. The first-order valence-corrected chi connectivity index (χ1v) is 15.5. The Balaban J connectivity index is 2.00. The summed E-state index contributed by atoms with van der Waals surface area (Å²) < 4.78 is 43.5. The van der Waals surface area contributed by atoms with Crippen molar-refractivity contribution in [3.8, 4) is 0 Å². The predicted molar refractivity (Wildman–Crippen MR) is 154 cm³/mol. The lowest BCUT2D eigenvalue weighted by Crippen LogP contribution is -2.61. The van der Waals surface area contributed by atoms with Crippen molar-refractivity contribution in [2.24, 2.45) is 35.5 Å². The predicted octanol–water partition coefficient (Wildman–Crippen LogP) is 5.17. The van der Waals surface area contributed by atoms with Gasteiger partial charge in [-0.3, -0.25) is 19.1 Å². The molecule has 3 fully saturated rings. The number of hydrogen-bond acceptors (Lipinski definition) is 10. The summed E-state index contributed by atoms with van der Waals surface area (Å²) in [6.45, 7) is 22.3. The van der Waals surface area contributed by atoms with Gasteiger partial charge in [-0.05, 0) is 32.1 Å². The number of ether oxygens (including phenoxy) is 7. The Morgan fingerprint density at radius 3 is 1.95 bits per heavy atom. The molecule has 1 saturated carbocycles. The van der Waals surface area contributed by atoms with Crippen molar-refractivity contribution >= 4 is 17.9 Å². The Kier molecular flexibility index (Phi) is 11.6. The molecule has 9 atom stereocenters. The monoisotopic (exact) mass is 596 g/mol. The largest absolute Gasteiger partial charge is 0.463 e. The number of carbonyl (C=O) groups excluding carboxylic acids is 3. The molecule has 0 aromatic carbocycles. The molecule has 2 saturated heterocycles. The fourth-order valence-electron chi connectivity index (χ4n) is 5.46. The van der Waals surface area contributed by atoms with Crippen LogP contribution in [0.1, 0.15) is 88.5 Å². The fraction of sp³-hybridized carbons (Fsp3) is 0.844. The molecule has 3 aliphatic rings. The van der Waals surface area contributed by atoms with E-state index in [4.69, 9.17) is 33.2 Å². The van der Waals surface area contributed by atoms with Gasteiger partial charge >= 0.3 is 17.9 Å². The first kappa shape index (κ1) is 34.5. The van der Waals surface area contributed by atoms with E-state index in [0.717, 1.165) is 24.8 Å². The van der Waals surface area contributed by atoms with Crippen molar-refractivity contribution < 1.29 is 47.5 Å². The molecular weight excluding hydrogens is 544 g/mol. The molecule has 0 radical (unpaired) electrons. The number of carbonyl (C=O) groups is 3. The molecule has 10 nitrogen and oxygen atoms in total. The second kappa shape index (κ2) is 14.2. The molecule has 0 N–H and O–H groups in total. The van der Waals surface area contributed by atoms with Gasteiger partial charge in [0, 0.05) is 11.8 Å². The van der Waals surface area contributed by atoms with Crippen molar-refractivity contribution in [1.29, 1.82) is 0 Å². The van der Waals surface area contributed by atoms with Gasteiger partial charge in [-0.25, -0.2) is 0 Å². The molecule has 0 aromatic heterocycles. The van der Waals surface area contributed by atoms with Gasteiger partial charge in [0.25, 0.3) is 5.97 Å². The van der Waals surface area contributed by atoms with Crippen LogP contribution in [0.4, 0.5) is 0 Å². The highest BCUT2D eigenvalue weighted by Crippen LogP contribution is 2.46. The summed E-state index contributed by atoms with van der Waals surface area (Å²) in [7, 11) is 0. The van der Waals surface area contributed by atoms with Crippen molar-refractivity contribution in [1.82, 2.24) is 0 Å². The van der Waals surface area contributed by atoms with E-state index in [2.05, 4.69) is 13.5 Å². The molecule has 1 unspecified atom stereocenters. The van der Waals surface area contributed by atoms with E-state index >= 15 is 0 Å². The smallest absolute Gasteiger partial charge is 0.308 e. The van der Waals surface area contributed by atoms with Gasteiger partial charge in [-0.1, -0.05) is 74.5 Å². The molecule has 0 amide bonds. The molecule has 10 heteroatoms. The highest BCUT2D eigenvalue weighted by Gasteiger charge is 2.63. The van der Waals surface area contributed by atoms with Crippen LogP contribution in [0.25, 0.3) is 0 Å². The lowest BCUT2D eigenvalue weighted by atomic mass is 9.77. The molecule has 1 aliphatic carbocycles. The molecule has 0 bridgehead atoms. The van der Waals surface area contributed by atoms with E-state index in [1.54, 1.807) is 41.5 Å². The highest BCUT2D eigenvalue weighted by atomic mass is 16.9. The van der Waals surface area contributed by atoms with Crippen molar-refractivity contribution in [2.45, 2.75) is 131 Å². The van der Waals surface area contributed by atoms with Crippen LogP contribution in [0.15, 0.2) is 12.2 Å². The van der Waals surface area contributed by atoms with Gasteiger partial charge in [-0.2, -0.15) is 0 Å². The zero-order valence-electron chi connectivity index (χ0n) is 27.0. The summed E-state index contributed by atoms with van der Waals surface area (Å²) in [5.41, 5.74) is 1.04. The summed E-state index contributed by atoms with van der Waals surface area (Å²) in [4.78, 5) is 38.2. The molecular formula is C32H52O10. The maximum Gasteiger partial charge on any atom is 0.308 e. The minimum absolute atomic E-state index is 0.130.